The average molecular weight is 285 g/mol. The van der Waals surface area contributed by atoms with E-state index < -0.39 is 0 Å². The van der Waals surface area contributed by atoms with E-state index in [4.69, 9.17) is 0 Å². The molecule has 20 heavy (non-hydrogen) atoms. The fourth-order valence-corrected chi connectivity index (χ4v) is 2.40. The van der Waals surface area contributed by atoms with E-state index in [2.05, 4.69) is 25.5 Å². The molecular formula is C13H11N5OS. The molecular weight excluding hydrogens is 274 g/mol. The Kier molecular flexibility index (Phi) is 3.34. The molecule has 0 saturated carbocycles. The summed E-state index contributed by atoms with van der Waals surface area (Å²) >= 11 is 1.38. The normalized spacial score (nSPS) is 10.7. The Morgan fingerprint density at radius 2 is 2.00 bits per heavy atom. The summed E-state index contributed by atoms with van der Waals surface area (Å²) in [6.45, 7) is 1.99. The highest BCUT2D eigenvalue weighted by molar-refractivity contribution is 7.15. The van der Waals surface area contributed by atoms with Crippen molar-refractivity contribution >= 4 is 33.4 Å². The summed E-state index contributed by atoms with van der Waals surface area (Å²) in [5.41, 5.74) is 1.96. The third-order valence-electron chi connectivity index (χ3n) is 2.72. The average Bonchev–Trinajstić information content (AvgIpc) is 2.94. The van der Waals surface area contributed by atoms with Crippen LogP contribution < -0.4 is 5.32 Å². The van der Waals surface area contributed by atoms with Crippen molar-refractivity contribution in [2.75, 3.05) is 5.32 Å². The van der Waals surface area contributed by atoms with Gasteiger partial charge in [-0.3, -0.25) is 20.1 Å². The van der Waals surface area contributed by atoms with Gasteiger partial charge in [-0.2, -0.15) is 0 Å². The van der Waals surface area contributed by atoms with E-state index in [0.29, 0.717) is 16.2 Å². The van der Waals surface area contributed by atoms with Gasteiger partial charge in [0, 0.05) is 18.0 Å². The van der Waals surface area contributed by atoms with Gasteiger partial charge in [0.2, 0.25) is 5.13 Å². The summed E-state index contributed by atoms with van der Waals surface area (Å²) in [6, 6.07) is 5.20. The first-order valence-corrected chi connectivity index (χ1v) is 6.92. The minimum Gasteiger partial charge on any atom is -0.296 e. The quantitative estimate of drug-likeness (QED) is 0.798. The van der Waals surface area contributed by atoms with Crippen LogP contribution in [0.25, 0.3) is 11.0 Å². The van der Waals surface area contributed by atoms with Crippen molar-refractivity contribution in [2.45, 2.75) is 13.3 Å². The number of nitrogens with one attached hydrogen (secondary N) is 1. The van der Waals surface area contributed by atoms with Crippen LogP contribution in [-0.4, -0.2) is 26.1 Å². The molecule has 0 radical (unpaired) electrons. The van der Waals surface area contributed by atoms with Crippen molar-refractivity contribution in [3.63, 3.8) is 0 Å². The van der Waals surface area contributed by atoms with Gasteiger partial charge in [-0.15, -0.1) is 10.2 Å². The monoisotopic (exact) mass is 285 g/mol. The van der Waals surface area contributed by atoms with Crippen LogP contribution in [0.5, 0.6) is 0 Å². The molecule has 0 fully saturated rings. The predicted octanol–water partition coefficient (Wildman–Crippen LogP) is 2.30. The van der Waals surface area contributed by atoms with E-state index in [0.717, 1.165) is 16.9 Å². The van der Waals surface area contributed by atoms with E-state index >= 15 is 0 Å². The first kappa shape index (κ1) is 12.6. The highest BCUT2D eigenvalue weighted by atomic mass is 32.1. The van der Waals surface area contributed by atoms with Gasteiger partial charge >= 0.3 is 0 Å². The van der Waals surface area contributed by atoms with Gasteiger partial charge in [0.25, 0.3) is 5.91 Å². The van der Waals surface area contributed by atoms with Crippen LogP contribution in [0.3, 0.4) is 0 Å². The van der Waals surface area contributed by atoms with E-state index in [-0.39, 0.29) is 5.91 Å². The topological polar surface area (TPSA) is 80.7 Å². The lowest BCUT2D eigenvalue weighted by atomic mass is 10.2. The number of fused-ring (bicyclic) bond motifs is 1. The smallest absolute Gasteiger partial charge is 0.257 e. The molecule has 0 aliphatic rings. The molecule has 3 aromatic rings. The highest BCUT2D eigenvalue weighted by Crippen LogP contribution is 2.17. The van der Waals surface area contributed by atoms with E-state index in [1.165, 1.54) is 11.3 Å². The molecule has 3 rings (SSSR count). The van der Waals surface area contributed by atoms with Gasteiger partial charge < -0.3 is 0 Å². The van der Waals surface area contributed by atoms with Crippen LogP contribution in [-0.2, 0) is 6.42 Å². The largest absolute Gasteiger partial charge is 0.296 e. The van der Waals surface area contributed by atoms with Crippen molar-refractivity contribution < 1.29 is 4.79 Å². The molecule has 0 bridgehead atoms. The van der Waals surface area contributed by atoms with Gasteiger partial charge in [-0.1, -0.05) is 18.3 Å². The standard InChI is InChI=1S/C13H11N5OS/c1-2-11-17-18-13(20-11)16-12(19)8-3-4-9-10(7-8)15-6-5-14-9/h3-7H,2H2,1H3,(H,16,18,19). The molecule has 1 aromatic carbocycles. The van der Waals surface area contributed by atoms with Crippen LogP contribution in [0.15, 0.2) is 30.6 Å². The number of anilines is 1. The van der Waals surface area contributed by atoms with Gasteiger partial charge in [-0.05, 0) is 24.6 Å². The zero-order valence-corrected chi connectivity index (χ0v) is 11.5. The molecule has 7 heteroatoms. The second-order valence-corrected chi connectivity index (χ2v) is 5.13. The molecule has 2 heterocycles. The third-order valence-corrected chi connectivity index (χ3v) is 3.70. The summed E-state index contributed by atoms with van der Waals surface area (Å²) in [4.78, 5) is 20.5. The maximum absolute atomic E-state index is 12.1. The summed E-state index contributed by atoms with van der Waals surface area (Å²) in [6.07, 6.45) is 4.02. The minimum atomic E-state index is -0.226. The van der Waals surface area contributed by atoms with Crippen molar-refractivity contribution in [1.82, 2.24) is 20.2 Å². The van der Waals surface area contributed by atoms with Crippen molar-refractivity contribution in [3.05, 3.63) is 41.2 Å². The molecule has 2 aromatic heterocycles. The lowest BCUT2D eigenvalue weighted by molar-refractivity contribution is 0.102. The second kappa shape index (κ2) is 5.30. The number of aromatic nitrogens is 4. The van der Waals surface area contributed by atoms with E-state index in [1.807, 2.05) is 6.92 Å². The molecule has 100 valence electrons. The molecule has 0 aliphatic carbocycles. The van der Waals surface area contributed by atoms with Crippen molar-refractivity contribution in [2.24, 2.45) is 0 Å². The number of carbonyl (C=O) groups is 1. The highest BCUT2D eigenvalue weighted by Gasteiger charge is 2.10. The van der Waals surface area contributed by atoms with Crippen molar-refractivity contribution in [1.29, 1.82) is 0 Å². The Balaban J connectivity index is 1.84. The number of carbonyl (C=O) groups excluding carboxylic acids is 1. The molecule has 0 unspecified atom stereocenters. The molecule has 0 atom stereocenters. The van der Waals surface area contributed by atoms with Crippen LogP contribution in [0.4, 0.5) is 5.13 Å². The number of benzene rings is 1. The Hall–Kier alpha value is -2.41. The lowest BCUT2D eigenvalue weighted by Gasteiger charge is -2.02. The van der Waals surface area contributed by atoms with Crippen LogP contribution in [0.1, 0.15) is 22.3 Å². The summed E-state index contributed by atoms with van der Waals surface area (Å²) in [5, 5.41) is 12.0. The first-order valence-electron chi connectivity index (χ1n) is 6.11. The number of aryl methyl sites for hydroxylation is 1. The van der Waals surface area contributed by atoms with Crippen LogP contribution >= 0.6 is 11.3 Å². The summed E-state index contributed by atoms with van der Waals surface area (Å²) < 4.78 is 0. The lowest BCUT2D eigenvalue weighted by Crippen LogP contribution is -2.11. The second-order valence-electron chi connectivity index (χ2n) is 4.07. The Morgan fingerprint density at radius 3 is 2.75 bits per heavy atom. The van der Waals surface area contributed by atoms with Gasteiger partial charge in [0.15, 0.2) is 0 Å². The van der Waals surface area contributed by atoms with Crippen LogP contribution in [0, 0.1) is 0 Å². The molecule has 0 spiro atoms. The number of amides is 1. The maximum atomic E-state index is 12.1. The molecule has 1 amide bonds. The Bertz CT molecular complexity index is 770. The molecule has 0 aliphatic heterocycles. The van der Waals surface area contributed by atoms with E-state index in [9.17, 15) is 4.79 Å². The molecule has 0 saturated heterocycles. The Morgan fingerprint density at radius 1 is 1.20 bits per heavy atom. The first-order chi connectivity index (χ1) is 9.76. The predicted molar refractivity (Wildman–Crippen MR) is 76.8 cm³/mol. The minimum absolute atomic E-state index is 0.226. The molecule has 6 nitrogen and oxygen atoms in total. The summed E-state index contributed by atoms with van der Waals surface area (Å²) in [7, 11) is 0. The van der Waals surface area contributed by atoms with E-state index in [1.54, 1.807) is 30.6 Å². The van der Waals surface area contributed by atoms with Gasteiger partial charge in [0.1, 0.15) is 5.01 Å². The van der Waals surface area contributed by atoms with Crippen LogP contribution in [0.2, 0.25) is 0 Å². The SMILES string of the molecule is CCc1nnc(NC(=O)c2ccc3nccnc3c2)s1. The third kappa shape index (κ3) is 2.48. The maximum Gasteiger partial charge on any atom is 0.257 e. The fourth-order valence-electron chi connectivity index (χ4n) is 1.72. The number of hydrogen-bond donors (Lipinski definition) is 1. The summed E-state index contributed by atoms with van der Waals surface area (Å²) in [5.74, 6) is -0.226. The number of nitrogens with zero attached hydrogens (tertiary/aromatic N) is 4. The van der Waals surface area contributed by atoms with Gasteiger partial charge in [0.05, 0.1) is 11.0 Å². The zero-order valence-electron chi connectivity index (χ0n) is 10.7. The fraction of sp³-hybridized carbons (Fsp3) is 0.154. The molecule has 1 N–H and O–H groups in total. The zero-order chi connectivity index (χ0) is 13.9. The number of hydrogen-bond acceptors (Lipinski definition) is 6. The van der Waals surface area contributed by atoms with Gasteiger partial charge in [-0.25, -0.2) is 0 Å². The van der Waals surface area contributed by atoms with Crippen molar-refractivity contribution in [3.8, 4) is 0 Å². The number of rotatable bonds is 3. The Labute approximate surface area is 118 Å².